The highest BCUT2D eigenvalue weighted by Crippen LogP contribution is 2.33. The van der Waals surface area contributed by atoms with Crippen molar-refractivity contribution in [1.29, 1.82) is 0 Å². The van der Waals surface area contributed by atoms with Gasteiger partial charge in [0.25, 0.3) is 0 Å². The number of aliphatic hydroxyl groups is 1. The number of carbonyl (C=O) groups excluding carboxylic acids is 1. The molecule has 4 nitrogen and oxygen atoms in total. The van der Waals surface area contributed by atoms with Gasteiger partial charge in [-0.1, -0.05) is 13.3 Å². The van der Waals surface area contributed by atoms with Crippen LogP contribution in [0.5, 0.6) is 0 Å². The minimum atomic E-state index is -0.722. The molecule has 5 heteroatoms. The number of thioether (sulfide) groups is 1. The Bertz CT molecular complexity index is 279. The van der Waals surface area contributed by atoms with Crippen LogP contribution in [0.1, 0.15) is 45.4 Å². The Morgan fingerprint density at radius 3 is 2.68 bits per heavy atom. The van der Waals surface area contributed by atoms with E-state index in [1.165, 1.54) is 6.42 Å². The molecule has 0 aromatic rings. The van der Waals surface area contributed by atoms with E-state index in [-0.39, 0.29) is 5.91 Å². The molecular weight excluding hydrogens is 260 g/mol. The van der Waals surface area contributed by atoms with E-state index in [9.17, 15) is 9.90 Å². The van der Waals surface area contributed by atoms with Crippen LogP contribution in [0.15, 0.2) is 0 Å². The Balaban J connectivity index is 2.29. The first-order valence-electron chi connectivity index (χ1n) is 7.25. The van der Waals surface area contributed by atoms with Crippen molar-refractivity contribution in [2.75, 3.05) is 18.6 Å². The highest BCUT2D eigenvalue weighted by molar-refractivity contribution is 7.98. The molecule has 1 aliphatic carbocycles. The minimum absolute atomic E-state index is 0.139. The quantitative estimate of drug-likeness (QED) is 0.664. The molecule has 0 heterocycles. The molecule has 0 aromatic heterocycles. The SMILES string of the molecule is CCC1CCC(O)(CNC(=O)[C@@H](N)CCSC)CC1. The predicted octanol–water partition coefficient (Wildman–Crippen LogP) is 1.51. The Morgan fingerprint density at radius 2 is 2.16 bits per heavy atom. The molecule has 4 N–H and O–H groups in total. The second-order valence-electron chi connectivity index (χ2n) is 5.68. The fourth-order valence-electron chi connectivity index (χ4n) is 2.56. The third kappa shape index (κ3) is 5.71. The monoisotopic (exact) mass is 288 g/mol. The summed E-state index contributed by atoms with van der Waals surface area (Å²) in [6, 6.07) is -0.456. The lowest BCUT2D eigenvalue weighted by Crippen LogP contribution is -2.49. The van der Waals surface area contributed by atoms with E-state index >= 15 is 0 Å². The van der Waals surface area contributed by atoms with Crippen molar-refractivity contribution in [3.05, 3.63) is 0 Å². The van der Waals surface area contributed by atoms with E-state index in [4.69, 9.17) is 5.73 Å². The van der Waals surface area contributed by atoms with Crippen LogP contribution >= 0.6 is 11.8 Å². The van der Waals surface area contributed by atoms with Crippen molar-refractivity contribution in [3.63, 3.8) is 0 Å². The first-order valence-corrected chi connectivity index (χ1v) is 8.64. The second kappa shape index (κ2) is 8.12. The average Bonchev–Trinajstić information content (AvgIpc) is 2.43. The van der Waals surface area contributed by atoms with Gasteiger partial charge in [-0.25, -0.2) is 0 Å². The van der Waals surface area contributed by atoms with Crippen molar-refractivity contribution in [2.24, 2.45) is 11.7 Å². The maximum atomic E-state index is 11.8. The fraction of sp³-hybridized carbons (Fsp3) is 0.929. The molecule has 0 aromatic carbocycles. The molecule has 0 saturated heterocycles. The second-order valence-corrected chi connectivity index (χ2v) is 6.67. The van der Waals surface area contributed by atoms with Crippen LogP contribution in [0.3, 0.4) is 0 Å². The summed E-state index contributed by atoms with van der Waals surface area (Å²) < 4.78 is 0. The van der Waals surface area contributed by atoms with Gasteiger partial charge < -0.3 is 16.2 Å². The molecule has 1 saturated carbocycles. The maximum Gasteiger partial charge on any atom is 0.237 e. The summed E-state index contributed by atoms with van der Waals surface area (Å²) in [6.07, 6.45) is 7.55. The molecule has 1 amide bonds. The van der Waals surface area contributed by atoms with E-state index in [1.54, 1.807) is 11.8 Å². The first kappa shape index (κ1) is 16.8. The number of hydrogen-bond acceptors (Lipinski definition) is 4. The smallest absolute Gasteiger partial charge is 0.237 e. The minimum Gasteiger partial charge on any atom is -0.388 e. The van der Waals surface area contributed by atoms with Gasteiger partial charge in [-0.05, 0) is 50.0 Å². The topological polar surface area (TPSA) is 75.3 Å². The van der Waals surface area contributed by atoms with Gasteiger partial charge in [0.05, 0.1) is 11.6 Å². The predicted molar refractivity (Wildman–Crippen MR) is 81.2 cm³/mol. The summed E-state index contributed by atoms with van der Waals surface area (Å²) in [5.74, 6) is 1.48. The summed E-state index contributed by atoms with van der Waals surface area (Å²) in [7, 11) is 0. The number of amides is 1. The summed E-state index contributed by atoms with van der Waals surface area (Å²) in [4.78, 5) is 11.8. The van der Waals surface area contributed by atoms with E-state index < -0.39 is 11.6 Å². The zero-order valence-electron chi connectivity index (χ0n) is 12.2. The van der Waals surface area contributed by atoms with Gasteiger partial charge in [-0.3, -0.25) is 4.79 Å². The molecule has 0 radical (unpaired) electrons. The van der Waals surface area contributed by atoms with Crippen molar-refractivity contribution in [1.82, 2.24) is 5.32 Å². The third-order valence-electron chi connectivity index (χ3n) is 4.17. The molecular formula is C14H28N2O2S. The van der Waals surface area contributed by atoms with Gasteiger partial charge in [0, 0.05) is 6.54 Å². The molecule has 1 rings (SSSR count). The van der Waals surface area contributed by atoms with Crippen molar-refractivity contribution < 1.29 is 9.90 Å². The molecule has 0 aliphatic heterocycles. The van der Waals surface area contributed by atoms with Crippen LogP contribution in [-0.4, -0.2) is 41.2 Å². The van der Waals surface area contributed by atoms with Crippen LogP contribution in [0, 0.1) is 5.92 Å². The van der Waals surface area contributed by atoms with Crippen molar-refractivity contribution in [3.8, 4) is 0 Å². The summed E-state index contributed by atoms with van der Waals surface area (Å²) in [5.41, 5.74) is 5.08. The molecule has 1 fully saturated rings. The lowest BCUT2D eigenvalue weighted by molar-refractivity contribution is -0.124. The van der Waals surface area contributed by atoms with Gasteiger partial charge in [0.2, 0.25) is 5.91 Å². The lowest BCUT2D eigenvalue weighted by Gasteiger charge is -2.36. The number of nitrogens with one attached hydrogen (secondary N) is 1. The number of nitrogens with two attached hydrogens (primary N) is 1. The van der Waals surface area contributed by atoms with Crippen molar-refractivity contribution in [2.45, 2.75) is 57.1 Å². The zero-order valence-corrected chi connectivity index (χ0v) is 13.0. The standard InChI is InChI=1S/C14H28N2O2S/c1-3-11-4-7-14(18,8-5-11)10-16-13(17)12(15)6-9-19-2/h11-12,18H,3-10,15H2,1-2H3,(H,16,17)/t11?,12-,14?/m0/s1. The van der Waals surface area contributed by atoms with Crippen LogP contribution in [0.4, 0.5) is 0 Å². The fourth-order valence-corrected chi connectivity index (χ4v) is 3.05. The van der Waals surface area contributed by atoms with Gasteiger partial charge in [-0.15, -0.1) is 0 Å². The normalized spacial score (nSPS) is 28.9. The first-order chi connectivity index (χ1) is 9.00. The maximum absolute atomic E-state index is 11.8. The summed E-state index contributed by atoms with van der Waals surface area (Å²) >= 11 is 1.69. The molecule has 0 bridgehead atoms. The number of rotatable bonds is 7. The molecule has 0 unspecified atom stereocenters. The molecule has 1 aliphatic rings. The van der Waals surface area contributed by atoms with Crippen LogP contribution in [0.25, 0.3) is 0 Å². The Morgan fingerprint density at radius 1 is 1.53 bits per heavy atom. The van der Waals surface area contributed by atoms with Gasteiger partial charge in [0.1, 0.15) is 0 Å². The Hall–Kier alpha value is -0.260. The van der Waals surface area contributed by atoms with E-state index in [2.05, 4.69) is 12.2 Å². The Kier molecular flexibility index (Phi) is 7.18. The van der Waals surface area contributed by atoms with E-state index in [0.717, 1.165) is 37.4 Å². The van der Waals surface area contributed by atoms with Gasteiger partial charge in [0.15, 0.2) is 0 Å². The zero-order chi connectivity index (χ0) is 14.3. The Labute approximate surface area is 120 Å². The molecule has 1 atom stereocenters. The van der Waals surface area contributed by atoms with E-state index in [0.29, 0.717) is 13.0 Å². The van der Waals surface area contributed by atoms with Gasteiger partial charge in [-0.2, -0.15) is 11.8 Å². The van der Waals surface area contributed by atoms with Crippen LogP contribution in [-0.2, 0) is 4.79 Å². The van der Waals surface area contributed by atoms with Crippen LogP contribution < -0.4 is 11.1 Å². The van der Waals surface area contributed by atoms with Crippen molar-refractivity contribution >= 4 is 17.7 Å². The summed E-state index contributed by atoms with van der Waals surface area (Å²) in [5, 5.41) is 13.2. The largest absolute Gasteiger partial charge is 0.388 e. The molecule has 19 heavy (non-hydrogen) atoms. The number of carbonyl (C=O) groups is 1. The van der Waals surface area contributed by atoms with E-state index in [1.807, 2.05) is 6.26 Å². The highest BCUT2D eigenvalue weighted by Gasteiger charge is 2.33. The number of hydrogen-bond donors (Lipinski definition) is 3. The van der Waals surface area contributed by atoms with Gasteiger partial charge >= 0.3 is 0 Å². The molecule has 112 valence electrons. The molecule has 0 spiro atoms. The van der Waals surface area contributed by atoms with Crippen LogP contribution in [0.2, 0.25) is 0 Å². The third-order valence-corrected chi connectivity index (χ3v) is 4.82. The lowest BCUT2D eigenvalue weighted by atomic mass is 9.78. The highest BCUT2D eigenvalue weighted by atomic mass is 32.2. The average molecular weight is 288 g/mol. The summed E-state index contributed by atoms with van der Waals surface area (Å²) in [6.45, 7) is 2.54.